The molecule has 0 atom stereocenters. The van der Waals surface area contributed by atoms with Crippen LogP contribution < -0.4 is 5.32 Å². The summed E-state index contributed by atoms with van der Waals surface area (Å²) < 4.78 is 42.4. The highest BCUT2D eigenvalue weighted by Crippen LogP contribution is 2.37. The minimum atomic E-state index is -4.41. The van der Waals surface area contributed by atoms with Crippen LogP contribution in [0.5, 0.6) is 0 Å². The van der Waals surface area contributed by atoms with E-state index in [2.05, 4.69) is 15.4 Å². The summed E-state index contributed by atoms with van der Waals surface area (Å²) in [5, 5.41) is 9.00. The van der Waals surface area contributed by atoms with Crippen LogP contribution in [0.25, 0.3) is 26.9 Å². The highest BCUT2D eigenvalue weighted by atomic mass is 32.1. The molecule has 0 unspecified atom stereocenters. The lowest BCUT2D eigenvalue weighted by atomic mass is 10.2. The third kappa shape index (κ3) is 3.52. The quantitative estimate of drug-likeness (QED) is 0.418. The summed E-state index contributed by atoms with van der Waals surface area (Å²) in [5.74, 6) is -0.230. The number of aryl methyl sites for hydroxylation is 1. The summed E-state index contributed by atoms with van der Waals surface area (Å²) in [4.78, 5) is 18.0. The second kappa shape index (κ2) is 7.49. The number of alkyl halides is 3. The summed E-state index contributed by atoms with van der Waals surface area (Å²) in [6.07, 6.45) is 0.773. The fourth-order valence-electron chi connectivity index (χ4n) is 3.59. The first kappa shape index (κ1) is 20.3. The Labute approximate surface area is 183 Å². The number of thiophene rings is 1. The van der Waals surface area contributed by atoms with Crippen LogP contribution in [-0.4, -0.2) is 25.2 Å². The molecule has 0 spiro atoms. The van der Waals surface area contributed by atoms with E-state index in [-0.39, 0.29) is 5.91 Å². The van der Waals surface area contributed by atoms with E-state index in [4.69, 9.17) is 0 Å². The first-order valence-corrected chi connectivity index (χ1v) is 10.5. The third-order valence-electron chi connectivity index (χ3n) is 5.08. The molecule has 32 heavy (non-hydrogen) atoms. The van der Waals surface area contributed by atoms with Gasteiger partial charge in [0, 0.05) is 48.6 Å². The van der Waals surface area contributed by atoms with E-state index < -0.39 is 11.7 Å². The Morgan fingerprint density at radius 3 is 2.62 bits per heavy atom. The van der Waals surface area contributed by atoms with Gasteiger partial charge in [-0.15, -0.1) is 11.3 Å². The minimum absolute atomic E-state index is 0.230. The molecule has 4 heterocycles. The monoisotopic (exact) mass is 455 g/mol. The second-order valence-electron chi connectivity index (χ2n) is 7.29. The molecule has 1 aromatic carbocycles. The molecule has 0 aliphatic carbocycles. The number of benzene rings is 1. The zero-order valence-corrected chi connectivity index (χ0v) is 17.5. The van der Waals surface area contributed by atoms with Crippen molar-refractivity contribution in [2.45, 2.75) is 12.7 Å². The average Bonchev–Trinajstić information content (AvgIpc) is 3.42. The third-order valence-corrected chi connectivity index (χ3v) is 6.20. The summed E-state index contributed by atoms with van der Waals surface area (Å²) in [5.41, 5.74) is 1.33. The van der Waals surface area contributed by atoms with Gasteiger partial charge in [-0.2, -0.15) is 18.3 Å². The van der Waals surface area contributed by atoms with Crippen molar-refractivity contribution < 1.29 is 18.0 Å². The average molecular weight is 455 g/mol. The lowest BCUT2D eigenvalue weighted by molar-refractivity contribution is -0.137. The molecule has 5 rings (SSSR count). The fourth-order valence-corrected chi connectivity index (χ4v) is 4.70. The minimum Gasteiger partial charge on any atom is -0.347 e. The van der Waals surface area contributed by atoms with Gasteiger partial charge in [-0.1, -0.05) is 6.07 Å². The molecule has 0 saturated heterocycles. The van der Waals surface area contributed by atoms with Gasteiger partial charge in [-0.3, -0.25) is 19.0 Å². The van der Waals surface area contributed by atoms with Gasteiger partial charge in [-0.05, 0) is 42.0 Å². The van der Waals surface area contributed by atoms with Crippen molar-refractivity contribution >= 4 is 38.5 Å². The van der Waals surface area contributed by atoms with Gasteiger partial charge in [-0.25, -0.2) is 0 Å². The maximum atomic E-state index is 13.0. The summed E-state index contributed by atoms with van der Waals surface area (Å²) in [6, 6.07) is 10.4. The first-order valence-electron chi connectivity index (χ1n) is 9.63. The van der Waals surface area contributed by atoms with Crippen LogP contribution in [-0.2, 0) is 19.8 Å². The normalized spacial score (nSPS) is 12.0. The Morgan fingerprint density at radius 1 is 1.16 bits per heavy atom. The van der Waals surface area contributed by atoms with E-state index in [9.17, 15) is 18.0 Å². The number of aromatic nitrogens is 4. The summed E-state index contributed by atoms with van der Waals surface area (Å²) in [7, 11) is 1.77. The number of hydrogen-bond donors (Lipinski definition) is 1. The number of hydrogen-bond acceptors (Lipinski definition) is 4. The SMILES string of the molecule is Cn1cc2c3cc(C(=O)NCc4cccnc4)sc3n(-c3ccc(C(F)(F)F)cc3)c2n1. The molecule has 0 aliphatic heterocycles. The number of fused-ring (bicyclic) bond motifs is 3. The Bertz CT molecular complexity index is 1430. The van der Waals surface area contributed by atoms with Gasteiger partial charge in [0.2, 0.25) is 0 Å². The van der Waals surface area contributed by atoms with Crippen molar-refractivity contribution in [3.05, 3.63) is 77.1 Å². The van der Waals surface area contributed by atoms with E-state index >= 15 is 0 Å². The van der Waals surface area contributed by atoms with E-state index in [1.54, 1.807) is 40.8 Å². The molecule has 0 radical (unpaired) electrons. The molecule has 10 heteroatoms. The van der Waals surface area contributed by atoms with E-state index in [0.717, 1.165) is 33.3 Å². The number of halogens is 3. The maximum absolute atomic E-state index is 13.0. The largest absolute Gasteiger partial charge is 0.416 e. The maximum Gasteiger partial charge on any atom is 0.416 e. The molecule has 5 aromatic rings. The molecule has 0 saturated carbocycles. The number of rotatable bonds is 4. The van der Waals surface area contributed by atoms with E-state index in [1.165, 1.54) is 23.5 Å². The summed E-state index contributed by atoms with van der Waals surface area (Å²) in [6.45, 7) is 0.343. The van der Waals surface area contributed by atoms with Gasteiger partial charge >= 0.3 is 6.18 Å². The van der Waals surface area contributed by atoms with Crippen LogP contribution in [0.1, 0.15) is 20.8 Å². The zero-order valence-electron chi connectivity index (χ0n) is 16.7. The predicted molar refractivity (Wildman–Crippen MR) is 116 cm³/mol. The van der Waals surface area contributed by atoms with Gasteiger partial charge < -0.3 is 5.32 Å². The standard InChI is InChI=1S/C22H16F3N5OS/c1-29-12-17-16-9-18(20(31)27-11-13-3-2-8-26-10-13)32-21(16)30(19(17)28-29)15-6-4-14(5-7-15)22(23,24)25/h2-10,12H,11H2,1H3,(H,27,31). The number of nitrogens with zero attached hydrogens (tertiary/aromatic N) is 4. The van der Waals surface area contributed by atoms with Gasteiger partial charge in [0.05, 0.1) is 10.4 Å². The van der Waals surface area contributed by atoms with Crippen LogP contribution in [0.15, 0.2) is 61.1 Å². The Hall–Kier alpha value is -3.66. The zero-order chi connectivity index (χ0) is 22.5. The van der Waals surface area contributed by atoms with Crippen molar-refractivity contribution in [3.63, 3.8) is 0 Å². The number of pyridine rings is 1. The molecule has 6 nitrogen and oxygen atoms in total. The van der Waals surface area contributed by atoms with Crippen LogP contribution in [0, 0.1) is 0 Å². The molecule has 0 aliphatic rings. The van der Waals surface area contributed by atoms with Crippen molar-refractivity contribution in [1.29, 1.82) is 0 Å². The molecule has 162 valence electrons. The highest BCUT2D eigenvalue weighted by molar-refractivity contribution is 7.20. The first-order chi connectivity index (χ1) is 15.3. The lowest BCUT2D eigenvalue weighted by Crippen LogP contribution is -2.21. The van der Waals surface area contributed by atoms with E-state index in [0.29, 0.717) is 22.8 Å². The molecular weight excluding hydrogens is 439 g/mol. The number of nitrogens with one attached hydrogen (secondary N) is 1. The van der Waals surface area contributed by atoms with Crippen molar-refractivity contribution in [2.75, 3.05) is 0 Å². The molecule has 0 bridgehead atoms. The fraction of sp³-hybridized carbons (Fsp3) is 0.136. The Balaban J connectivity index is 1.55. The second-order valence-corrected chi connectivity index (χ2v) is 8.32. The van der Waals surface area contributed by atoms with Crippen molar-refractivity contribution in [3.8, 4) is 5.69 Å². The molecular formula is C22H16F3N5OS. The van der Waals surface area contributed by atoms with Crippen LogP contribution >= 0.6 is 11.3 Å². The predicted octanol–water partition coefficient (Wildman–Crippen LogP) is 4.92. The molecule has 4 aromatic heterocycles. The van der Waals surface area contributed by atoms with Gasteiger partial charge in [0.15, 0.2) is 5.65 Å². The van der Waals surface area contributed by atoms with Gasteiger partial charge in [0.1, 0.15) is 4.83 Å². The number of carbonyl (C=O) groups is 1. The van der Waals surface area contributed by atoms with Crippen molar-refractivity contribution in [2.24, 2.45) is 7.05 Å². The molecule has 1 N–H and O–H groups in total. The molecule has 0 fully saturated rings. The lowest BCUT2D eigenvalue weighted by Gasteiger charge is -2.09. The highest BCUT2D eigenvalue weighted by Gasteiger charge is 2.30. The number of amides is 1. The van der Waals surface area contributed by atoms with Crippen LogP contribution in [0.3, 0.4) is 0 Å². The summed E-state index contributed by atoms with van der Waals surface area (Å²) >= 11 is 1.27. The van der Waals surface area contributed by atoms with Crippen molar-refractivity contribution in [1.82, 2.24) is 24.6 Å². The topological polar surface area (TPSA) is 64.7 Å². The molecule has 1 amide bonds. The van der Waals surface area contributed by atoms with Crippen LogP contribution in [0.2, 0.25) is 0 Å². The number of carbonyl (C=O) groups excluding carboxylic acids is 1. The smallest absolute Gasteiger partial charge is 0.347 e. The van der Waals surface area contributed by atoms with Crippen LogP contribution in [0.4, 0.5) is 13.2 Å². The Morgan fingerprint density at radius 2 is 1.94 bits per heavy atom. The Kier molecular flexibility index (Phi) is 4.74. The van der Waals surface area contributed by atoms with Gasteiger partial charge in [0.25, 0.3) is 5.91 Å². The van der Waals surface area contributed by atoms with E-state index in [1.807, 2.05) is 12.3 Å².